The lowest BCUT2D eigenvalue weighted by Crippen LogP contribution is -2.36. The Morgan fingerprint density at radius 3 is 2.70 bits per heavy atom. The predicted molar refractivity (Wildman–Crippen MR) is 83.0 cm³/mol. The molecule has 0 atom stereocenters. The first-order chi connectivity index (χ1) is 9.63. The summed E-state index contributed by atoms with van der Waals surface area (Å²) in [5.74, 6) is 0. The van der Waals surface area contributed by atoms with Crippen molar-refractivity contribution >= 4 is 11.7 Å². The molecule has 0 spiro atoms. The highest BCUT2D eigenvalue weighted by Gasteiger charge is 2.30. The summed E-state index contributed by atoms with van der Waals surface area (Å²) in [5.41, 5.74) is 7.83. The van der Waals surface area contributed by atoms with Gasteiger partial charge in [0.05, 0.1) is 0 Å². The zero-order chi connectivity index (χ0) is 14.5. The number of amides is 2. The molecule has 0 unspecified atom stereocenters. The van der Waals surface area contributed by atoms with Crippen molar-refractivity contribution in [2.75, 3.05) is 24.5 Å². The van der Waals surface area contributed by atoms with Crippen molar-refractivity contribution in [1.82, 2.24) is 4.90 Å². The van der Waals surface area contributed by atoms with Crippen molar-refractivity contribution in [3.8, 4) is 0 Å². The number of nitrogens with two attached hydrogens (primary N) is 1. The summed E-state index contributed by atoms with van der Waals surface area (Å²) in [7, 11) is 0. The van der Waals surface area contributed by atoms with Gasteiger partial charge in [0.15, 0.2) is 0 Å². The molecule has 2 rings (SSSR count). The van der Waals surface area contributed by atoms with Gasteiger partial charge in [-0.1, -0.05) is 12.1 Å². The van der Waals surface area contributed by atoms with E-state index in [1.54, 1.807) is 0 Å². The zero-order valence-corrected chi connectivity index (χ0v) is 12.5. The number of nitrogens with zero attached hydrogens (tertiary/aromatic N) is 2. The fourth-order valence-electron chi connectivity index (χ4n) is 2.63. The SMILES string of the molecule is CC(C)N1CCN(c2cccc(CCCCN)c2)C1=O. The van der Waals surface area contributed by atoms with E-state index in [0.29, 0.717) is 0 Å². The van der Waals surface area contributed by atoms with Crippen LogP contribution in [0.15, 0.2) is 24.3 Å². The number of aryl methyl sites for hydroxylation is 1. The number of unbranched alkanes of at least 4 members (excludes halogenated alkanes) is 1. The first-order valence-electron chi connectivity index (χ1n) is 7.50. The Labute approximate surface area is 121 Å². The molecule has 1 aliphatic rings. The van der Waals surface area contributed by atoms with Crippen LogP contribution in [0.25, 0.3) is 0 Å². The lowest BCUT2D eigenvalue weighted by molar-refractivity contribution is 0.209. The van der Waals surface area contributed by atoms with E-state index in [1.807, 2.05) is 21.9 Å². The minimum absolute atomic E-state index is 0.124. The third-order valence-corrected chi connectivity index (χ3v) is 3.81. The van der Waals surface area contributed by atoms with Crippen LogP contribution in [0, 0.1) is 0 Å². The second-order valence-electron chi connectivity index (χ2n) is 5.64. The summed E-state index contributed by atoms with van der Waals surface area (Å²) >= 11 is 0. The molecule has 1 heterocycles. The number of carbonyl (C=O) groups is 1. The molecule has 1 fully saturated rings. The van der Waals surface area contributed by atoms with E-state index in [9.17, 15) is 4.79 Å². The summed E-state index contributed by atoms with van der Waals surface area (Å²) in [4.78, 5) is 16.2. The summed E-state index contributed by atoms with van der Waals surface area (Å²) in [6, 6.07) is 8.71. The predicted octanol–water partition coefficient (Wildman–Crippen LogP) is 2.62. The Morgan fingerprint density at radius 1 is 1.25 bits per heavy atom. The molecule has 0 aliphatic carbocycles. The molecular weight excluding hydrogens is 250 g/mol. The average molecular weight is 275 g/mol. The van der Waals surface area contributed by atoms with Gasteiger partial charge in [-0.25, -0.2) is 4.79 Å². The average Bonchev–Trinajstić information content (AvgIpc) is 2.81. The minimum Gasteiger partial charge on any atom is -0.330 e. The molecule has 2 amide bonds. The fourth-order valence-corrected chi connectivity index (χ4v) is 2.63. The second kappa shape index (κ2) is 6.75. The third-order valence-electron chi connectivity index (χ3n) is 3.81. The number of hydrogen-bond donors (Lipinski definition) is 1. The van der Waals surface area contributed by atoms with Gasteiger partial charge < -0.3 is 10.6 Å². The molecule has 1 aromatic carbocycles. The molecule has 20 heavy (non-hydrogen) atoms. The van der Waals surface area contributed by atoms with Crippen LogP contribution in [0.3, 0.4) is 0 Å². The molecule has 0 aromatic heterocycles. The third kappa shape index (κ3) is 3.31. The highest BCUT2D eigenvalue weighted by molar-refractivity contribution is 5.94. The molecular formula is C16H25N3O. The summed E-state index contributed by atoms with van der Waals surface area (Å²) in [6.45, 7) is 6.46. The summed E-state index contributed by atoms with van der Waals surface area (Å²) in [6.07, 6.45) is 3.18. The van der Waals surface area contributed by atoms with E-state index in [-0.39, 0.29) is 12.1 Å². The summed E-state index contributed by atoms with van der Waals surface area (Å²) in [5, 5.41) is 0. The maximum Gasteiger partial charge on any atom is 0.324 e. The van der Waals surface area contributed by atoms with Crippen molar-refractivity contribution in [2.45, 2.75) is 39.2 Å². The monoisotopic (exact) mass is 275 g/mol. The Balaban J connectivity index is 2.06. The minimum atomic E-state index is 0.124. The van der Waals surface area contributed by atoms with Crippen molar-refractivity contribution in [1.29, 1.82) is 0 Å². The molecule has 0 radical (unpaired) electrons. The Kier molecular flexibility index (Phi) is 5.01. The lowest BCUT2D eigenvalue weighted by Gasteiger charge is -2.22. The highest BCUT2D eigenvalue weighted by Crippen LogP contribution is 2.23. The number of carbonyl (C=O) groups excluding carboxylic acids is 1. The van der Waals surface area contributed by atoms with Crippen molar-refractivity contribution in [3.05, 3.63) is 29.8 Å². The Bertz CT molecular complexity index is 459. The van der Waals surface area contributed by atoms with Crippen LogP contribution in [0.1, 0.15) is 32.3 Å². The van der Waals surface area contributed by atoms with Crippen LogP contribution in [0.4, 0.5) is 10.5 Å². The molecule has 1 aliphatic heterocycles. The van der Waals surface area contributed by atoms with Crippen molar-refractivity contribution in [2.24, 2.45) is 5.73 Å². The molecule has 1 saturated heterocycles. The largest absolute Gasteiger partial charge is 0.330 e. The van der Waals surface area contributed by atoms with Crippen LogP contribution >= 0.6 is 0 Å². The molecule has 0 bridgehead atoms. The van der Waals surface area contributed by atoms with Crippen LogP contribution < -0.4 is 10.6 Å². The van der Waals surface area contributed by atoms with E-state index in [1.165, 1.54) is 5.56 Å². The Hall–Kier alpha value is -1.55. The van der Waals surface area contributed by atoms with Crippen LogP contribution in [-0.2, 0) is 6.42 Å². The number of anilines is 1. The molecule has 4 heteroatoms. The molecule has 2 N–H and O–H groups in total. The molecule has 110 valence electrons. The number of urea groups is 1. The maximum atomic E-state index is 12.4. The number of benzene rings is 1. The quantitative estimate of drug-likeness (QED) is 0.811. The van der Waals surface area contributed by atoms with Gasteiger partial charge in [-0.2, -0.15) is 0 Å². The smallest absolute Gasteiger partial charge is 0.324 e. The number of hydrogen-bond acceptors (Lipinski definition) is 2. The van der Waals surface area contributed by atoms with Crippen molar-refractivity contribution < 1.29 is 4.79 Å². The van der Waals surface area contributed by atoms with Gasteiger partial charge in [-0.05, 0) is 57.4 Å². The van der Waals surface area contributed by atoms with Gasteiger partial charge in [-0.3, -0.25) is 4.90 Å². The first kappa shape index (κ1) is 14.9. The van der Waals surface area contributed by atoms with E-state index in [4.69, 9.17) is 5.73 Å². The molecule has 0 saturated carbocycles. The van der Waals surface area contributed by atoms with Gasteiger partial charge in [0.2, 0.25) is 0 Å². The van der Waals surface area contributed by atoms with E-state index in [0.717, 1.165) is 44.6 Å². The zero-order valence-electron chi connectivity index (χ0n) is 12.5. The first-order valence-corrected chi connectivity index (χ1v) is 7.50. The van der Waals surface area contributed by atoms with E-state index in [2.05, 4.69) is 26.0 Å². The molecule has 4 nitrogen and oxygen atoms in total. The van der Waals surface area contributed by atoms with E-state index < -0.39 is 0 Å². The normalized spacial score (nSPS) is 15.5. The van der Waals surface area contributed by atoms with Gasteiger partial charge in [0, 0.05) is 24.8 Å². The van der Waals surface area contributed by atoms with Crippen LogP contribution in [0.5, 0.6) is 0 Å². The highest BCUT2D eigenvalue weighted by atomic mass is 16.2. The van der Waals surface area contributed by atoms with Gasteiger partial charge in [-0.15, -0.1) is 0 Å². The topological polar surface area (TPSA) is 49.6 Å². The Morgan fingerprint density at radius 2 is 2.05 bits per heavy atom. The molecule has 1 aromatic rings. The van der Waals surface area contributed by atoms with Gasteiger partial charge in [0.25, 0.3) is 0 Å². The van der Waals surface area contributed by atoms with Crippen LogP contribution in [-0.4, -0.2) is 36.6 Å². The standard InChI is InChI=1S/C16H25N3O/c1-13(2)18-10-11-19(16(18)20)15-8-5-7-14(12-15)6-3-4-9-17/h5,7-8,12-13H,3-4,6,9-11,17H2,1-2H3. The van der Waals surface area contributed by atoms with Gasteiger partial charge in [0.1, 0.15) is 0 Å². The van der Waals surface area contributed by atoms with E-state index >= 15 is 0 Å². The lowest BCUT2D eigenvalue weighted by atomic mass is 10.1. The second-order valence-corrected chi connectivity index (χ2v) is 5.64. The fraction of sp³-hybridized carbons (Fsp3) is 0.562. The van der Waals surface area contributed by atoms with Gasteiger partial charge >= 0.3 is 6.03 Å². The van der Waals surface area contributed by atoms with Crippen LogP contribution in [0.2, 0.25) is 0 Å². The summed E-state index contributed by atoms with van der Waals surface area (Å²) < 4.78 is 0. The number of rotatable bonds is 6. The van der Waals surface area contributed by atoms with Crippen molar-refractivity contribution in [3.63, 3.8) is 0 Å². The maximum absolute atomic E-state index is 12.4.